The lowest BCUT2D eigenvalue weighted by Crippen LogP contribution is -2.30. The summed E-state index contributed by atoms with van der Waals surface area (Å²) in [6.07, 6.45) is 1.50. The zero-order valence-electron chi connectivity index (χ0n) is 18.9. The molecule has 1 aromatic heterocycles. The van der Waals surface area contributed by atoms with Crippen LogP contribution in [0.25, 0.3) is 6.08 Å². The van der Waals surface area contributed by atoms with Gasteiger partial charge in [0.15, 0.2) is 11.5 Å². The third kappa shape index (κ3) is 5.32. The minimum atomic E-state index is -0.661. The molecule has 2 aromatic carbocycles. The van der Waals surface area contributed by atoms with E-state index < -0.39 is 17.9 Å². The topological polar surface area (TPSA) is 107 Å². The van der Waals surface area contributed by atoms with Crippen molar-refractivity contribution in [2.75, 3.05) is 14.2 Å². The molecule has 0 atom stereocenters. The summed E-state index contributed by atoms with van der Waals surface area (Å²) in [7, 11) is 2.69. The lowest BCUT2D eigenvalue weighted by atomic mass is 10.1. The van der Waals surface area contributed by atoms with E-state index in [4.69, 9.17) is 13.9 Å². The van der Waals surface area contributed by atoms with Crippen molar-refractivity contribution in [1.82, 2.24) is 10.2 Å². The Morgan fingerprint density at radius 3 is 2.66 bits per heavy atom. The van der Waals surface area contributed by atoms with Crippen LogP contribution in [0.2, 0.25) is 0 Å². The first-order valence-electron chi connectivity index (χ1n) is 10.4. The molecule has 0 spiro atoms. The van der Waals surface area contributed by atoms with Crippen LogP contribution in [-0.4, -0.2) is 37.0 Å². The number of nitrogens with one attached hydrogen (secondary N) is 1. The highest BCUT2D eigenvalue weighted by molar-refractivity contribution is 6.13. The molecule has 0 radical (unpaired) electrons. The summed E-state index contributed by atoms with van der Waals surface area (Å²) in [6, 6.07) is 13.3. The van der Waals surface area contributed by atoms with Crippen LogP contribution in [0.5, 0.6) is 11.5 Å². The fourth-order valence-electron chi connectivity index (χ4n) is 3.39. The van der Waals surface area contributed by atoms with Crippen LogP contribution in [0.3, 0.4) is 0 Å². The molecule has 10 heteroatoms. The molecule has 35 heavy (non-hydrogen) atoms. The largest absolute Gasteiger partial charge is 0.493 e. The molecular weight excluding hydrogens is 459 g/mol. The number of methoxy groups -OCH3 is 2. The number of amides is 3. The number of carbonyl (C=O) groups excluding carboxylic acids is 3. The molecule has 2 heterocycles. The maximum Gasteiger partial charge on any atom is 0.373 e. The van der Waals surface area contributed by atoms with E-state index >= 15 is 0 Å². The van der Waals surface area contributed by atoms with Crippen molar-refractivity contribution >= 4 is 24.0 Å². The van der Waals surface area contributed by atoms with Gasteiger partial charge in [-0.25, -0.2) is 14.0 Å². The summed E-state index contributed by atoms with van der Waals surface area (Å²) in [5, 5.41) is 2.52. The number of benzene rings is 2. The van der Waals surface area contributed by atoms with Crippen LogP contribution in [0.15, 0.2) is 64.7 Å². The second kappa shape index (κ2) is 10.1. The molecule has 4 rings (SSSR count). The van der Waals surface area contributed by atoms with Crippen LogP contribution in [0.1, 0.15) is 27.4 Å². The zero-order valence-corrected chi connectivity index (χ0v) is 18.9. The van der Waals surface area contributed by atoms with Gasteiger partial charge in [0.05, 0.1) is 20.8 Å². The number of rotatable bonds is 8. The van der Waals surface area contributed by atoms with E-state index in [1.54, 1.807) is 30.3 Å². The van der Waals surface area contributed by atoms with Crippen molar-refractivity contribution in [3.05, 3.63) is 88.8 Å². The van der Waals surface area contributed by atoms with Crippen molar-refractivity contribution in [1.29, 1.82) is 0 Å². The lowest BCUT2D eigenvalue weighted by molar-refractivity contribution is -0.123. The Bertz CT molecular complexity index is 1310. The van der Waals surface area contributed by atoms with Gasteiger partial charge >= 0.3 is 12.0 Å². The molecule has 0 unspecified atom stereocenters. The number of carbonyl (C=O) groups is 3. The minimum absolute atomic E-state index is 0.0304. The normalized spacial score (nSPS) is 14.3. The number of imide groups is 1. The molecule has 3 aromatic rings. The average molecular weight is 480 g/mol. The molecule has 1 aliphatic rings. The number of nitrogens with zero attached hydrogens (tertiary/aromatic N) is 1. The highest BCUT2D eigenvalue weighted by atomic mass is 19.1. The van der Waals surface area contributed by atoms with Gasteiger partial charge in [-0.05, 0) is 53.6 Å². The van der Waals surface area contributed by atoms with Gasteiger partial charge in [0.25, 0.3) is 5.91 Å². The first kappa shape index (κ1) is 23.6. The Hall–Kier alpha value is -4.60. The highest BCUT2D eigenvalue weighted by Crippen LogP contribution is 2.30. The quantitative estimate of drug-likeness (QED) is 0.296. The van der Waals surface area contributed by atoms with Crippen LogP contribution in [-0.2, 0) is 22.7 Å². The maximum atomic E-state index is 13.4. The predicted octanol–water partition coefficient (Wildman–Crippen LogP) is 3.89. The standard InChI is InChI=1S/C25H21FN2O7/c1-32-22-12-15(6-8-20(22)34-14-16-4-3-5-17(26)10-16)11-19-23(29)28(25(31)27-19)13-18-7-9-21(35-18)24(30)33-2/h3-12H,13-14H2,1-2H3,(H,27,31)/b19-11+. The van der Waals surface area contributed by atoms with Gasteiger partial charge in [0, 0.05) is 0 Å². The monoisotopic (exact) mass is 480 g/mol. The fraction of sp³-hybridized carbons (Fsp3) is 0.160. The molecule has 0 bridgehead atoms. The second-order valence-corrected chi connectivity index (χ2v) is 7.47. The highest BCUT2D eigenvalue weighted by Gasteiger charge is 2.34. The van der Waals surface area contributed by atoms with Gasteiger partial charge in [-0.2, -0.15) is 0 Å². The number of hydrogen-bond acceptors (Lipinski definition) is 7. The van der Waals surface area contributed by atoms with Crippen molar-refractivity contribution in [2.45, 2.75) is 13.2 Å². The first-order valence-corrected chi connectivity index (χ1v) is 10.4. The van der Waals surface area contributed by atoms with E-state index in [9.17, 15) is 18.8 Å². The summed E-state index contributed by atoms with van der Waals surface area (Å²) in [5.41, 5.74) is 1.30. The van der Waals surface area contributed by atoms with E-state index in [0.717, 1.165) is 4.90 Å². The van der Waals surface area contributed by atoms with E-state index in [2.05, 4.69) is 10.1 Å². The smallest absolute Gasteiger partial charge is 0.373 e. The van der Waals surface area contributed by atoms with Gasteiger partial charge in [-0.1, -0.05) is 18.2 Å². The number of urea groups is 1. The number of halogens is 1. The van der Waals surface area contributed by atoms with Crippen LogP contribution in [0, 0.1) is 5.82 Å². The van der Waals surface area contributed by atoms with E-state index in [1.165, 1.54) is 44.6 Å². The number of esters is 1. The predicted molar refractivity (Wildman–Crippen MR) is 121 cm³/mol. The van der Waals surface area contributed by atoms with Gasteiger partial charge in [-0.15, -0.1) is 0 Å². The van der Waals surface area contributed by atoms with Crippen molar-refractivity contribution < 1.29 is 37.4 Å². The van der Waals surface area contributed by atoms with Crippen LogP contribution in [0.4, 0.5) is 9.18 Å². The average Bonchev–Trinajstić information content (AvgIpc) is 3.43. The summed E-state index contributed by atoms with van der Waals surface area (Å²) < 4.78 is 34.4. The second-order valence-electron chi connectivity index (χ2n) is 7.47. The van der Waals surface area contributed by atoms with E-state index in [0.29, 0.717) is 22.6 Å². The molecule has 0 saturated carbocycles. The number of furan rings is 1. The molecule has 180 valence electrons. The summed E-state index contributed by atoms with van der Waals surface area (Å²) in [5.74, 6) is -0.526. The van der Waals surface area contributed by atoms with Gasteiger partial charge < -0.3 is 23.9 Å². The van der Waals surface area contributed by atoms with Gasteiger partial charge in [-0.3, -0.25) is 9.69 Å². The Morgan fingerprint density at radius 2 is 1.91 bits per heavy atom. The van der Waals surface area contributed by atoms with E-state index in [1.807, 2.05) is 0 Å². The molecule has 1 aliphatic heterocycles. The van der Waals surface area contributed by atoms with Crippen LogP contribution >= 0.6 is 0 Å². The Labute approximate surface area is 199 Å². The lowest BCUT2D eigenvalue weighted by Gasteiger charge is -2.12. The van der Waals surface area contributed by atoms with Gasteiger partial charge in [0.1, 0.15) is 23.9 Å². The molecule has 0 aliphatic carbocycles. The Kier molecular flexibility index (Phi) is 6.81. The fourth-order valence-corrected chi connectivity index (χ4v) is 3.39. The molecule has 1 fully saturated rings. The third-order valence-electron chi connectivity index (χ3n) is 5.11. The first-order chi connectivity index (χ1) is 16.9. The summed E-state index contributed by atoms with van der Waals surface area (Å²) in [4.78, 5) is 37.6. The molecular formula is C25H21FN2O7. The van der Waals surface area contributed by atoms with Crippen molar-refractivity contribution in [2.24, 2.45) is 0 Å². The van der Waals surface area contributed by atoms with Crippen LogP contribution < -0.4 is 14.8 Å². The Morgan fingerprint density at radius 1 is 1.09 bits per heavy atom. The van der Waals surface area contributed by atoms with E-state index in [-0.39, 0.29) is 36.2 Å². The number of ether oxygens (including phenoxy) is 3. The maximum absolute atomic E-state index is 13.4. The zero-order chi connectivity index (χ0) is 24.9. The summed E-state index contributed by atoms with van der Waals surface area (Å²) >= 11 is 0. The Balaban J connectivity index is 1.46. The minimum Gasteiger partial charge on any atom is -0.493 e. The van der Waals surface area contributed by atoms with Gasteiger partial charge in [0.2, 0.25) is 5.76 Å². The molecule has 1 saturated heterocycles. The van der Waals surface area contributed by atoms with Crippen molar-refractivity contribution in [3.8, 4) is 11.5 Å². The third-order valence-corrected chi connectivity index (χ3v) is 5.11. The molecule has 1 N–H and O–H groups in total. The molecule has 9 nitrogen and oxygen atoms in total. The summed E-state index contributed by atoms with van der Waals surface area (Å²) in [6.45, 7) is -0.0162. The van der Waals surface area contributed by atoms with Crippen molar-refractivity contribution in [3.63, 3.8) is 0 Å². The number of hydrogen-bond donors (Lipinski definition) is 1. The molecule has 3 amide bonds. The SMILES string of the molecule is COC(=O)c1ccc(CN2C(=O)N/C(=C/c3ccc(OCc4cccc(F)c4)c(OC)c3)C2=O)o1.